The third-order valence-corrected chi connectivity index (χ3v) is 5.68. The molecule has 1 amide bonds. The number of aromatic nitrogens is 3. The number of benzene rings is 3. The fourth-order valence-electron chi connectivity index (χ4n) is 4.06. The standard InChI is InChI=1S/C27H22N4O2.BrH/c32-25(20-8-2-1-3-9-20)18-31-19-30(23-13-4-5-14-24(23)31)17-15-26(33)29-22-12-6-10-21-11-7-16-28-27(21)22;/h1-14,16,19H,15,17-18H2;1H. The molecule has 170 valence electrons. The number of hydrogen-bond donors (Lipinski definition) is 1. The van der Waals surface area contributed by atoms with Crippen LogP contribution in [0.4, 0.5) is 5.69 Å². The van der Waals surface area contributed by atoms with E-state index >= 15 is 0 Å². The highest BCUT2D eigenvalue weighted by Gasteiger charge is 2.19. The SMILES string of the molecule is O=C(CCn1c[n+](CC(=O)c2ccccc2)c2ccccc21)Nc1cccc2cccnc12.[Br-]. The third kappa shape index (κ3) is 4.89. The number of carbonyl (C=O) groups excluding carboxylic acids is 2. The first-order valence-electron chi connectivity index (χ1n) is 10.9. The van der Waals surface area contributed by atoms with Crippen LogP contribution >= 0.6 is 0 Å². The van der Waals surface area contributed by atoms with E-state index < -0.39 is 0 Å². The fraction of sp³-hybridized carbons (Fsp3) is 0.111. The van der Waals surface area contributed by atoms with Crippen molar-refractivity contribution in [2.24, 2.45) is 0 Å². The molecule has 2 heterocycles. The molecule has 0 radical (unpaired) electrons. The van der Waals surface area contributed by atoms with E-state index in [2.05, 4.69) is 10.3 Å². The van der Waals surface area contributed by atoms with E-state index in [4.69, 9.17) is 0 Å². The molecule has 7 heteroatoms. The quantitative estimate of drug-likeness (QED) is 0.263. The Hall–Kier alpha value is -3.84. The number of fused-ring (bicyclic) bond motifs is 2. The lowest BCUT2D eigenvalue weighted by atomic mass is 10.1. The van der Waals surface area contributed by atoms with Gasteiger partial charge in [-0.3, -0.25) is 14.6 Å². The number of carbonyl (C=O) groups is 2. The van der Waals surface area contributed by atoms with Crippen molar-refractivity contribution in [3.63, 3.8) is 0 Å². The largest absolute Gasteiger partial charge is 1.00 e. The molecule has 3 aromatic carbocycles. The molecule has 0 bridgehead atoms. The number of rotatable bonds is 7. The summed E-state index contributed by atoms with van der Waals surface area (Å²) < 4.78 is 3.96. The topological polar surface area (TPSA) is 67.9 Å². The molecular formula is C27H23BrN4O2. The Balaban J connectivity index is 0.00000274. The van der Waals surface area contributed by atoms with Crippen LogP contribution < -0.4 is 26.9 Å². The molecule has 0 spiro atoms. The van der Waals surface area contributed by atoms with Gasteiger partial charge >= 0.3 is 0 Å². The highest BCUT2D eigenvalue weighted by molar-refractivity contribution is 6.00. The second-order valence-corrected chi connectivity index (χ2v) is 7.89. The normalized spacial score (nSPS) is 10.7. The molecule has 5 aromatic rings. The van der Waals surface area contributed by atoms with Crippen LogP contribution in [0.5, 0.6) is 0 Å². The number of amides is 1. The zero-order valence-corrected chi connectivity index (χ0v) is 20.0. The average molecular weight is 515 g/mol. The number of anilines is 1. The molecule has 0 aliphatic heterocycles. The Bertz CT molecular complexity index is 1460. The van der Waals surface area contributed by atoms with Gasteiger partial charge in [0.1, 0.15) is 0 Å². The summed E-state index contributed by atoms with van der Waals surface area (Å²) in [6.07, 6.45) is 3.94. The lowest BCUT2D eigenvalue weighted by Gasteiger charge is -2.07. The van der Waals surface area contributed by atoms with Crippen LogP contribution in [0.3, 0.4) is 0 Å². The molecule has 1 N–H and O–H groups in total. The fourth-order valence-corrected chi connectivity index (χ4v) is 4.06. The summed E-state index contributed by atoms with van der Waals surface area (Å²) in [5.74, 6) is -0.0393. The van der Waals surface area contributed by atoms with E-state index in [1.807, 2.05) is 100 Å². The van der Waals surface area contributed by atoms with E-state index in [1.165, 1.54) is 0 Å². The monoisotopic (exact) mass is 514 g/mol. The number of para-hydroxylation sites is 3. The highest BCUT2D eigenvalue weighted by Crippen LogP contribution is 2.21. The summed E-state index contributed by atoms with van der Waals surface area (Å²) in [4.78, 5) is 29.9. The van der Waals surface area contributed by atoms with Crippen LogP contribution in [-0.4, -0.2) is 21.2 Å². The molecule has 6 nitrogen and oxygen atoms in total. The minimum absolute atomic E-state index is 0. The summed E-state index contributed by atoms with van der Waals surface area (Å²) in [6, 6.07) is 26.8. The minimum Gasteiger partial charge on any atom is -1.00 e. The number of nitrogens with one attached hydrogen (secondary N) is 1. The second-order valence-electron chi connectivity index (χ2n) is 7.89. The van der Waals surface area contributed by atoms with Crippen molar-refractivity contribution in [1.29, 1.82) is 0 Å². The van der Waals surface area contributed by atoms with Crippen LogP contribution in [0.1, 0.15) is 16.8 Å². The lowest BCUT2D eigenvalue weighted by Crippen LogP contribution is -3.00. The van der Waals surface area contributed by atoms with Gasteiger partial charge < -0.3 is 22.3 Å². The van der Waals surface area contributed by atoms with Gasteiger partial charge in [0.2, 0.25) is 18.0 Å². The van der Waals surface area contributed by atoms with Gasteiger partial charge in [-0.2, -0.15) is 0 Å². The maximum Gasteiger partial charge on any atom is 0.245 e. The van der Waals surface area contributed by atoms with Gasteiger partial charge in [0.05, 0.1) is 24.2 Å². The van der Waals surface area contributed by atoms with Crippen molar-refractivity contribution in [2.75, 3.05) is 5.32 Å². The van der Waals surface area contributed by atoms with Crippen LogP contribution in [0, 0.1) is 0 Å². The Kier molecular flexibility index (Phi) is 7.13. The summed E-state index contributed by atoms with van der Waals surface area (Å²) in [5, 5.41) is 3.97. The van der Waals surface area contributed by atoms with Gasteiger partial charge in [0.15, 0.2) is 17.6 Å². The number of pyridine rings is 1. The van der Waals surface area contributed by atoms with Crippen molar-refractivity contribution in [2.45, 2.75) is 19.5 Å². The molecule has 0 fully saturated rings. The number of aryl methyl sites for hydroxylation is 1. The number of ketones is 1. The van der Waals surface area contributed by atoms with Gasteiger partial charge in [-0.05, 0) is 24.3 Å². The third-order valence-electron chi connectivity index (χ3n) is 5.68. The number of hydrogen-bond acceptors (Lipinski definition) is 3. The van der Waals surface area contributed by atoms with Gasteiger partial charge in [-0.15, -0.1) is 0 Å². The summed E-state index contributed by atoms with van der Waals surface area (Å²) in [5.41, 5.74) is 4.11. The smallest absolute Gasteiger partial charge is 0.245 e. The van der Waals surface area contributed by atoms with Gasteiger partial charge in [-0.1, -0.05) is 60.7 Å². The van der Waals surface area contributed by atoms with E-state index in [9.17, 15) is 9.59 Å². The predicted molar refractivity (Wildman–Crippen MR) is 128 cm³/mol. The van der Waals surface area contributed by atoms with Crippen molar-refractivity contribution < 1.29 is 31.1 Å². The Morgan fingerprint density at radius 3 is 2.50 bits per heavy atom. The second kappa shape index (κ2) is 10.4. The Morgan fingerprint density at radius 1 is 0.882 bits per heavy atom. The van der Waals surface area contributed by atoms with Crippen LogP contribution in [0.15, 0.2) is 97.5 Å². The number of Topliss-reactive ketones (excluding diaryl/α,β-unsaturated/α-hetero) is 1. The summed E-state index contributed by atoms with van der Waals surface area (Å²) >= 11 is 0. The van der Waals surface area contributed by atoms with Gasteiger partial charge in [-0.25, -0.2) is 9.13 Å². The number of nitrogens with zero attached hydrogens (tertiary/aromatic N) is 3. The van der Waals surface area contributed by atoms with Crippen molar-refractivity contribution in [3.8, 4) is 0 Å². The van der Waals surface area contributed by atoms with E-state index in [1.54, 1.807) is 6.20 Å². The van der Waals surface area contributed by atoms with E-state index in [0.717, 1.165) is 21.9 Å². The molecule has 0 aliphatic carbocycles. The highest BCUT2D eigenvalue weighted by atomic mass is 79.9. The van der Waals surface area contributed by atoms with Crippen LogP contribution in [-0.2, 0) is 17.9 Å². The zero-order valence-electron chi connectivity index (χ0n) is 18.4. The molecule has 2 aromatic heterocycles. The maximum atomic E-state index is 12.7. The molecule has 0 atom stereocenters. The predicted octanol–water partition coefficient (Wildman–Crippen LogP) is 1.39. The molecule has 0 saturated heterocycles. The van der Waals surface area contributed by atoms with E-state index in [-0.39, 0.29) is 35.2 Å². The molecular weight excluding hydrogens is 492 g/mol. The summed E-state index contributed by atoms with van der Waals surface area (Å²) in [6.45, 7) is 0.739. The van der Waals surface area contributed by atoms with Crippen LogP contribution in [0.25, 0.3) is 21.9 Å². The first-order chi connectivity index (χ1) is 16.2. The first-order valence-corrected chi connectivity index (χ1v) is 10.9. The average Bonchev–Trinajstić information content (AvgIpc) is 3.21. The lowest BCUT2D eigenvalue weighted by molar-refractivity contribution is -0.657. The zero-order chi connectivity index (χ0) is 22.6. The van der Waals surface area contributed by atoms with Crippen LogP contribution in [0.2, 0.25) is 0 Å². The summed E-state index contributed by atoms with van der Waals surface area (Å²) in [7, 11) is 0. The Labute approximate surface area is 207 Å². The molecule has 0 unspecified atom stereocenters. The van der Waals surface area contributed by atoms with Gasteiger partial charge in [0, 0.05) is 17.1 Å². The number of halogens is 1. The van der Waals surface area contributed by atoms with Crippen molar-refractivity contribution in [1.82, 2.24) is 9.55 Å². The van der Waals surface area contributed by atoms with Crippen molar-refractivity contribution in [3.05, 3.63) is 103 Å². The number of imidazole rings is 1. The maximum absolute atomic E-state index is 12.7. The molecule has 0 aliphatic rings. The molecule has 5 rings (SSSR count). The Morgan fingerprint density at radius 2 is 1.65 bits per heavy atom. The van der Waals surface area contributed by atoms with Crippen molar-refractivity contribution >= 4 is 39.3 Å². The minimum atomic E-state index is -0.0853. The first kappa shape index (κ1) is 23.3. The molecule has 0 saturated carbocycles. The van der Waals surface area contributed by atoms with E-state index in [0.29, 0.717) is 24.2 Å². The van der Waals surface area contributed by atoms with Gasteiger partial charge in [0.25, 0.3) is 0 Å². The molecule has 34 heavy (non-hydrogen) atoms.